The van der Waals surface area contributed by atoms with Crippen LogP contribution >= 0.6 is 15.9 Å². The quantitative estimate of drug-likeness (QED) is 0.914. The van der Waals surface area contributed by atoms with Crippen molar-refractivity contribution in [2.24, 2.45) is 0 Å². The van der Waals surface area contributed by atoms with Crippen molar-refractivity contribution in [3.8, 4) is 0 Å². The number of H-pyrrole nitrogens is 1. The van der Waals surface area contributed by atoms with Crippen molar-refractivity contribution in [3.63, 3.8) is 0 Å². The minimum Gasteiger partial charge on any atom is -0.321 e. The van der Waals surface area contributed by atoms with Crippen molar-refractivity contribution in [2.75, 3.05) is 0 Å². The maximum Gasteiger partial charge on any atom is 0.252 e. The van der Waals surface area contributed by atoms with Gasteiger partial charge in [0, 0.05) is 22.6 Å². The Morgan fingerprint density at radius 3 is 2.88 bits per heavy atom. The average Bonchev–Trinajstić information content (AvgIpc) is 2.28. The van der Waals surface area contributed by atoms with E-state index in [1.165, 1.54) is 0 Å². The van der Waals surface area contributed by atoms with Gasteiger partial charge < -0.3 is 10.3 Å². The third-order valence-electron chi connectivity index (χ3n) is 2.61. The summed E-state index contributed by atoms with van der Waals surface area (Å²) in [7, 11) is 0. The number of aromatic amines is 1. The van der Waals surface area contributed by atoms with Crippen LogP contribution in [0.25, 0.3) is 10.9 Å². The number of halogens is 1. The first-order valence-electron chi connectivity index (χ1n) is 5.61. The fourth-order valence-corrected chi connectivity index (χ4v) is 2.17. The third-order valence-corrected chi connectivity index (χ3v) is 3.27. The molecule has 2 aromatic rings. The van der Waals surface area contributed by atoms with Crippen LogP contribution in [0.5, 0.6) is 0 Å². The van der Waals surface area contributed by atoms with E-state index >= 15 is 0 Å². The molecule has 2 rings (SSSR count). The molecule has 0 saturated heterocycles. The lowest BCUT2D eigenvalue weighted by atomic mass is 10.1. The lowest BCUT2D eigenvalue weighted by molar-refractivity contribution is 0.586. The van der Waals surface area contributed by atoms with Crippen LogP contribution in [-0.2, 0) is 6.54 Å². The summed E-state index contributed by atoms with van der Waals surface area (Å²) < 4.78 is 0.912. The van der Waals surface area contributed by atoms with Crippen molar-refractivity contribution in [1.29, 1.82) is 0 Å². The van der Waals surface area contributed by atoms with Gasteiger partial charge in [0.25, 0.3) is 5.56 Å². The molecule has 0 aliphatic carbocycles. The molecule has 0 fully saturated rings. The maximum absolute atomic E-state index is 11.9. The van der Waals surface area contributed by atoms with Gasteiger partial charge in [0.2, 0.25) is 0 Å². The summed E-state index contributed by atoms with van der Waals surface area (Å²) in [5.41, 5.74) is 1.59. The van der Waals surface area contributed by atoms with Gasteiger partial charge >= 0.3 is 0 Å². The summed E-state index contributed by atoms with van der Waals surface area (Å²) in [5.74, 6) is 0. The van der Waals surface area contributed by atoms with Gasteiger partial charge in [-0.1, -0.05) is 26.0 Å². The smallest absolute Gasteiger partial charge is 0.252 e. The fourth-order valence-electron chi connectivity index (χ4n) is 1.69. The lowest BCUT2D eigenvalue weighted by Gasteiger charge is -2.08. The summed E-state index contributed by atoms with van der Waals surface area (Å²) in [5, 5.41) is 4.29. The summed E-state index contributed by atoms with van der Waals surface area (Å²) in [4.78, 5) is 14.8. The molecule has 0 spiro atoms. The number of hydrogen-bond acceptors (Lipinski definition) is 2. The Balaban J connectivity index is 2.45. The molecule has 1 heterocycles. The maximum atomic E-state index is 11.9. The molecule has 0 amide bonds. The Morgan fingerprint density at radius 1 is 1.41 bits per heavy atom. The molecule has 0 saturated carbocycles. The van der Waals surface area contributed by atoms with Gasteiger partial charge in [0.15, 0.2) is 0 Å². The van der Waals surface area contributed by atoms with E-state index in [0.717, 1.165) is 20.9 Å². The summed E-state index contributed by atoms with van der Waals surface area (Å²) >= 11 is 3.43. The fraction of sp³-hybridized carbons (Fsp3) is 0.308. The van der Waals surface area contributed by atoms with E-state index in [0.29, 0.717) is 12.6 Å². The Bertz CT molecular complexity index is 589. The first-order valence-corrected chi connectivity index (χ1v) is 6.41. The van der Waals surface area contributed by atoms with Gasteiger partial charge in [-0.3, -0.25) is 4.79 Å². The first-order chi connectivity index (χ1) is 8.08. The molecule has 1 aromatic carbocycles. The Kier molecular flexibility index (Phi) is 3.64. The number of hydrogen-bond donors (Lipinski definition) is 2. The minimum absolute atomic E-state index is 0.0300. The van der Waals surface area contributed by atoms with Crippen molar-refractivity contribution in [2.45, 2.75) is 26.4 Å². The van der Waals surface area contributed by atoms with Crippen LogP contribution in [0, 0.1) is 0 Å². The standard InChI is InChI=1S/C13H15BrN2O/c1-8(2)15-7-10-6-9-4-3-5-11(14)12(9)16-13(10)17/h3-6,8,15H,7H2,1-2H3,(H,16,17). The summed E-state index contributed by atoms with van der Waals surface area (Å²) in [6, 6.07) is 8.19. The van der Waals surface area contributed by atoms with Crippen LogP contribution in [0.3, 0.4) is 0 Å². The largest absolute Gasteiger partial charge is 0.321 e. The zero-order valence-electron chi connectivity index (χ0n) is 9.88. The van der Waals surface area contributed by atoms with Crippen LogP contribution in [-0.4, -0.2) is 11.0 Å². The normalized spacial score (nSPS) is 11.3. The van der Waals surface area contributed by atoms with Gasteiger partial charge in [0.05, 0.1) is 5.52 Å². The zero-order chi connectivity index (χ0) is 12.4. The van der Waals surface area contributed by atoms with Crippen LogP contribution in [0.2, 0.25) is 0 Å². The van der Waals surface area contributed by atoms with Crippen molar-refractivity contribution < 1.29 is 0 Å². The van der Waals surface area contributed by atoms with Crippen molar-refractivity contribution in [1.82, 2.24) is 10.3 Å². The second kappa shape index (κ2) is 5.02. The van der Waals surface area contributed by atoms with E-state index < -0.39 is 0 Å². The van der Waals surface area contributed by atoms with Gasteiger partial charge in [-0.15, -0.1) is 0 Å². The Morgan fingerprint density at radius 2 is 2.18 bits per heavy atom. The predicted octanol–water partition coefficient (Wildman–Crippen LogP) is 2.79. The molecule has 17 heavy (non-hydrogen) atoms. The van der Waals surface area contributed by atoms with Crippen LogP contribution in [0.4, 0.5) is 0 Å². The Hall–Kier alpha value is -1.13. The van der Waals surface area contributed by atoms with Crippen LogP contribution < -0.4 is 10.9 Å². The lowest BCUT2D eigenvalue weighted by Crippen LogP contribution is -2.26. The van der Waals surface area contributed by atoms with Crippen molar-refractivity contribution in [3.05, 3.63) is 44.7 Å². The molecule has 1 aromatic heterocycles. The van der Waals surface area contributed by atoms with Gasteiger partial charge in [-0.2, -0.15) is 0 Å². The number of aromatic nitrogens is 1. The van der Waals surface area contributed by atoms with Gasteiger partial charge in [-0.05, 0) is 33.4 Å². The number of nitrogens with one attached hydrogen (secondary N) is 2. The highest BCUT2D eigenvalue weighted by molar-refractivity contribution is 9.10. The molecule has 4 heteroatoms. The van der Waals surface area contributed by atoms with E-state index in [4.69, 9.17) is 0 Å². The molecular formula is C13H15BrN2O. The van der Waals surface area contributed by atoms with E-state index in [1.54, 1.807) is 0 Å². The second-order valence-corrected chi connectivity index (χ2v) is 5.22. The molecule has 3 nitrogen and oxygen atoms in total. The van der Waals surface area contributed by atoms with E-state index in [9.17, 15) is 4.79 Å². The molecule has 0 unspecified atom stereocenters. The molecule has 0 aliphatic heterocycles. The number of fused-ring (bicyclic) bond motifs is 1. The highest BCUT2D eigenvalue weighted by atomic mass is 79.9. The topological polar surface area (TPSA) is 44.9 Å². The van der Waals surface area contributed by atoms with Crippen LogP contribution in [0.15, 0.2) is 33.5 Å². The average molecular weight is 295 g/mol. The minimum atomic E-state index is -0.0300. The molecule has 0 aliphatic rings. The highest BCUT2D eigenvalue weighted by Crippen LogP contribution is 2.20. The first kappa shape index (κ1) is 12.3. The van der Waals surface area contributed by atoms with Gasteiger partial charge in [0.1, 0.15) is 0 Å². The third kappa shape index (κ3) is 2.76. The summed E-state index contributed by atoms with van der Waals surface area (Å²) in [6.45, 7) is 4.72. The highest BCUT2D eigenvalue weighted by Gasteiger charge is 2.05. The molecule has 0 atom stereocenters. The number of benzene rings is 1. The predicted molar refractivity (Wildman–Crippen MR) is 74.2 cm³/mol. The second-order valence-electron chi connectivity index (χ2n) is 4.36. The van der Waals surface area contributed by atoms with Crippen molar-refractivity contribution >= 4 is 26.8 Å². The SMILES string of the molecule is CC(C)NCc1cc2cccc(Br)c2[nH]c1=O. The molecule has 0 radical (unpaired) electrons. The van der Waals surface area contributed by atoms with E-state index in [-0.39, 0.29) is 5.56 Å². The number of pyridine rings is 1. The van der Waals surface area contributed by atoms with E-state index in [1.807, 2.05) is 24.3 Å². The molecule has 2 N–H and O–H groups in total. The zero-order valence-corrected chi connectivity index (χ0v) is 11.5. The van der Waals surface area contributed by atoms with Crippen LogP contribution in [0.1, 0.15) is 19.4 Å². The monoisotopic (exact) mass is 294 g/mol. The van der Waals surface area contributed by atoms with E-state index in [2.05, 4.69) is 40.1 Å². The molecule has 0 bridgehead atoms. The summed E-state index contributed by atoms with van der Waals surface area (Å²) in [6.07, 6.45) is 0. The number of para-hydroxylation sites is 1. The number of rotatable bonds is 3. The molecule has 90 valence electrons. The molecular weight excluding hydrogens is 280 g/mol. The Labute approximate surface area is 108 Å². The van der Waals surface area contributed by atoms with Gasteiger partial charge in [-0.25, -0.2) is 0 Å².